The summed E-state index contributed by atoms with van der Waals surface area (Å²) in [6.07, 6.45) is 5.55. The van der Waals surface area contributed by atoms with E-state index in [4.69, 9.17) is 28.9 Å². The van der Waals surface area contributed by atoms with E-state index in [0.29, 0.717) is 46.1 Å². The zero-order chi connectivity index (χ0) is 24.4. The van der Waals surface area contributed by atoms with Crippen LogP contribution in [0.5, 0.6) is 0 Å². The van der Waals surface area contributed by atoms with E-state index in [0.717, 1.165) is 25.7 Å². The molecule has 8 nitrogen and oxygen atoms in total. The van der Waals surface area contributed by atoms with Gasteiger partial charge in [0.15, 0.2) is 0 Å². The third kappa shape index (κ3) is 5.73. The quantitative estimate of drug-likeness (QED) is 0.413. The summed E-state index contributed by atoms with van der Waals surface area (Å²) in [6, 6.07) is 3.22. The second-order valence-electron chi connectivity index (χ2n) is 9.32. The second-order valence-corrected chi connectivity index (χ2v) is 10.1. The normalized spacial score (nSPS) is 20.1. The van der Waals surface area contributed by atoms with Crippen LogP contribution in [0.25, 0.3) is 10.9 Å². The van der Waals surface area contributed by atoms with Gasteiger partial charge in [0.05, 0.1) is 15.6 Å². The Hall–Kier alpha value is -2.58. The number of H-pyrrole nitrogens is 1. The number of rotatable bonds is 9. The van der Waals surface area contributed by atoms with Crippen LogP contribution in [0.2, 0.25) is 10.0 Å². The molecule has 2 aliphatic carbocycles. The van der Waals surface area contributed by atoms with Crippen LogP contribution >= 0.6 is 23.2 Å². The van der Waals surface area contributed by atoms with Crippen LogP contribution < -0.4 is 16.4 Å². The van der Waals surface area contributed by atoms with E-state index < -0.39 is 29.8 Å². The number of hydrogen-bond acceptors (Lipinski definition) is 4. The first kappa shape index (κ1) is 24.5. The molecule has 1 aromatic heterocycles. The fraction of sp³-hybridized carbons (Fsp3) is 0.500. The molecular weight excluding hydrogens is 479 g/mol. The molecule has 2 aromatic rings. The topological polar surface area (TPSA) is 134 Å². The van der Waals surface area contributed by atoms with Crippen LogP contribution in [-0.2, 0) is 14.4 Å². The Morgan fingerprint density at radius 2 is 1.82 bits per heavy atom. The molecule has 0 bridgehead atoms. The van der Waals surface area contributed by atoms with Gasteiger partial charge < -0.3 is 21.4 Å². The van der Waals surface area contributed by atoms with Crippen molar-refractivity contribution in [2.45, 2.75) is 63.5 Å². The van der Waals surface area contributed by atoms with Crippen molar-refractivity contribution in [3.05, 3.63) is 33.9 Å². The lowest BCUT2D eigenvalue weighted by molar-refractivity contribution is -0.130. The molecule has 2 fully saturated rings. The highest BCUT2D eigenvalue weighted by Gasteiger charge is 2.34. The zero-order valence-corrected chi connectivity index (χ0v) is 20.2. The predicted molar refractivity (Wildman–Crippen MR) is 130 cm³/mol. The van der Waals surface area contributed by atoms with Crippen molar-refractivity contribution in [2.24, 2.45) is 17.6 Å². The van der Waals surface area contributed by atoms with Crippen LogP contribution in [0.3, 0.4) is 0 Å². The minimum absolute atomic E-state index is 0.104. The molecule has 3 amide bonds. The number of carbonyl (C=O) groups is 4. The van der Waals surface area contributed by atoms with E-state index in [1.807, 2.05) is 0 Å². The van der Waals surface area contributed by atoms with Gasteiger partial charge in [0.1, 0.15) is 23.6 Å². The summed E-state index contributed by atoms with van der Waals surface area (Å²) < 4.78 is 0. The van der Waals surface area contributed by atoms with Gasteiger partial charge in [-0.25, -0.2) is 0 Å². The number of carbonyl (C=O) groups excluding carboxylic acids is 4. The van der Waals surface area contributed by atoms with Gasteiger partial charge in [0, 0.05) is 17.7 Å². The monoisotopic (exact) mass is 506 g/mol. The van der Waals surface area contributed by atoms with Crippen molar-refractivity contribution in [1.29, 1.82) is 0 Å². The number of halogens is 2. The molecule has 5 N–H and O–H groups in total. The number of primary amides is 1. The highest BCUT2D eigenvalue weighted by molar-refractivity contribution is 6.45. The summed E-state index contributed by atoms with van der Waals surface area (Å²) in [4.78, 5) is 53.3. The van der Waals surface area contributed by atoms with Gasteiger partial charge in [-0.1, -0.05) is 48.5 Å². The highest BCUT2D eigenvalue weighted by atomic mass is 35.5. The van der Waals surface area contributed by atoms with Gasteiger partial charge in [-0.15, -0.1) is 0 Å². The average Bonchev–Trinajstić information content (AvgIpc) is 3.51. The van der Waals surface area contributed by atoms with Gasteiger partial charge in [-0.05, 0) is 43.7 Å². The third-order valence-corrected chi connectivity index (χ3v) is 7.48. The fourth-order valence-corrected chi connectivity index (χ4v) is 4.90. The number of aromatic amines is 1. The Morgan fingerprint density at radius 3 is 2.50 bits per heavy atom. The van der Waals surface area contributed by atoms with Gasteiger partial charge >= 0.3 is 0 Å². The number of hydrogen-bond donors (Lipinski definition) is 4. The van der Waals surface area contributed by atoms with Gasteiger partial charge in [0.2, 0.25) is 11.8 Å². The number of benzene rings is 1. The number of Topliss-reactive ketones (excluding diaryl/α,β-unsaturated/α-hetero) is 1. The number of amides is 3. The Bertz CT molecular complexity index is 1130. The summed E-state index contributed by atoms with van der Waals surface area (Å²) in [6.45, 7) is 0. The van der Waals surface area contributed by atoms with Crippen LogP contribution in [-0.4, -0.2) is 40.6 Å². The van der Waals surface area contributed by atoms with Crippen molar-refractivity contribution in [1.82, 2.24) is 15.6 Å². The lowest BCUT2D eigenvalue weighted by Crippen LogP contribution is -2.54. The standard InChI is InChI=1S/C24H28Cl2N4O4/c25-15-8-7-14-11-18(28-21(14)20(15)26)24(34)30-17(9-12-5-6-12)23(33)29-16(22(27)32)10-13-3-1-2-4-19(13)31/h7-8,11-13,16-17,28H,1-6,9-10H2,(H2,27,32)(H,29,33)(H,30,34)/t13-,16-,17-/m0/s1. The Kier molecular flexibility index (Phi) is 7.48. The molecule has 4 rings (SSSR count). The minimum atomic E-state index is -0.966. The number of nitrogens with one attached hydrogen (secondary N) is 3. The highest BCUT2D eigenvalue weighted by Crippen LogP contribution is 2.34. The van der Waals surface area contributed by atoms with E-state index in [1.165, 1.54) is 0 Å². The molecule has 10 heteroatoms. The smallest absolute Gasteiger partial charge is 0.268 e. The zero-order valence-electron chi connectivity index (χ0n) is 18.7. The van der Waals surface area contributed by atoms with E-state index in [9.17, 15) is 19.2 Å². The number of fused-ring (bicyclic) bond motifs is 1. The summed E-state index contributed by atoms with van der Waals surface area (Å²) >= 11 is 12.3. The lowest BCUT2D eigenvalue weighted by atomic mass is 9.83. The first-order valence-corrected chi connectivity index (χ1v) is 12.4. The summed E-state index contributed by atoms with van der Waals surface area (Å²) in [5, 5.41) is 6.86. The molecule has 3 atom stereocenters. The van der Waals surface area contributed by atoms with Crippen LogP contribution in [0.15, 0.2) is 18.2 Å². The Morgan fingerprint density at radius 1 is 1.06 bits per heavy atom. The van der Waals surface area contributed by atoms with Gasteiger partial charge in [-0.3, -0.25) is 19.2 Å². The molecule has 0 saturated heterocycles. The van der Waals surface area contributed by atoms with Crippen molar-refractivity contribution >= 4 is 57.6 Å². The van der Waals surface area contributed by atoms with Crippen LogP contribution in [0.4, 0.5) is 0 Å². The second kappa shape index (κ2) is 10.4. The van der Waals surface area contributed by atoms with Crippen molar-refractivity contribution in [3.8, 4) is 0 Å². The predicted octanol–water partition coefficient (Wildman–Crippen LogP) is 3.49. The molecule has 182 valence electrons. The molecule has 0 radical (unpaired) electrons. The molecule has 34 heavy (non-hydrogen) atoms. The fourth-order valence-electron chi connectivity index (χ4n) is 4.52. The largest absolute Gasteiger partial charge is 0.368 e. The maximum Gasteiger partial charge on any atom is 0.268 e. The molecule has 1 heterocycles. The maximum atomic E-state index is 13.1. The molecule has 0 unspecified atom stereocenters. The molecule has 0 aliphatic heterocycles. The lowest BCUT2D eigenvalue weighted by Gasteiger charge is -2.26. The first-order valence-electron chi connectivity index (χ1n) is 11.6. The number of aromatic nitrogens is 1. The Labute approximate surface area is 207 Å². The van der Waals surface area contributed by atoms with Crippen molar-refractivity contribution in [3.63, 3.8) is 0 Å². The number of nitrogens with two attached hydrogens (primary N) is 1. The summed E-state index contributed by atoms with van der Waals surface area (Å²) in [5.74, 6) is -1.49. The van der Waals surface area contributed by atoms with Crippen LogP contribution in [0, 0.1) is 11.8 Å². The van der Waals surface area contributed by atoms with Gasteiger partial charge in [-0.2, -0.15) is 0 Å². The number of ketones is 1. The SMILES string of the molecule is NC(=O)[C@H](C[C@@H]1CCCCC1=O)NC(=O)[C@H](CC1CC1)NC(=O)c1cc2ccc(Cl)c(Cl)c2[nH]1. The average molecular weight is 507 g/mol. The summed E-state index contributed by atoms with van der Waals surface area (Å²) in [5.41, 5.74) is 6.32. The van der Waals surface area contributed by atoms with Crippen LogP contribution in [0.1, 0.15) is 61.9 Å². The molecular formula is C24H28Cl2N4O4. The van der Waals surface area contributed by atoms with Crippen molar-refractivity contribution in [2.75, 3.05) is 0 Å². The maximum absolute atomic E-state index is 13.1. The van der Waals surface area contributed by atoms with E-state index in [2.05, 4.69) is 15.6 Å². The molecule has 2 saturated carbocycles. The molecule has 2 aliphatic rings. The summed E-state index contributed by atoms with van der Waals surface area (Å²) in [7, 11) is 0. The van der Waals surface area contributed by atoms with E-state index in [1.54, 1.807) is 18.2 Å². The van der Waals surface area contributed by atoms with Crippen molar-refractivity contribution < 1.29 is 19.2 Å². The van der Waals surface area contributed by atoms with Gasteiger partial charge in [0.25, 0.3) is 5.91 Å². The molecule has 0 spiro atoms. The first-order chi connectivity index (χ1) is 16.2. The Balaban J connectivity index is 1.46. The minimum Gasteiger partial charge on any atom is -0.368 e. The third-order valence-electron chi connectivity index (χ3n) is 6.68. The molecule has 1 aromatic carbocycles. The van der Waals surface area contributed by atoms with E-state index in [-0.39, 0.29) is 23.8 Å². The van der Waals surface area contributed by atoms with E-state index >= 15 is 0 Å².